The summed E-state index contributed by atoms with van der Waals surface area (Å²) >= 11 is 0. The summed E-state index contributed by atoms with van der Waals surface area (Å²) in [7, 11) is -1.26. The summed E-state index contributed by atoms with van der Waals surface area (Å²) in [6.07, 6.45) is 1.57. The number of rotatable bonds is 2. The Bertz CT molecular complexity index is 620. The van der Waals surface area contributed by atoms with E-state index in [1.54, 1.807) is 6.21 Å². The molecule has 1 atom stereocenters. The molecule has 2 aromatic rings. The first-order valence-electron chi connectivity index (χ1n) is 5.84. The van der Waals surface area contributed by atoms with E-state index < -0.39 is 11.0 Å². The molecule has 0 aliphatic heterocycles. The van der Waals surface area contributed by atoms with Gasteiger partial charge in [-0.15, -0.1) is 0 Å². The van der Waals surface area contributed by atoms with Gasteiger partial charge in [0.1, 0.15) is 22.3 Å². The maximum Gasteiger partial charge on any atom is 0.150 e. The Morgan fingerprint density at radius 1 is 1.28 bits per heavy atom. The lowest BCUT2D eigenvalue weighted by Gasteiger charge is -2.12. The molecule has 0 amide bonds. The lowest BCUT2D eigenvalue weighted by molar-refractivity contribution is 0.605. The highest BCUT2D eigenvalue weighted by Crippen LogP contribution is 2.24. The molecule has 0 fully saturated rings. The Morgan fingerprint density at radius 2 is 1.94 bits per heavy atom. The zero-order chi connectivity index (χ0) is 13.3. The van der Waals surface area contributed by atoms with E-state index in [4.69, 9.17) is 4.42 Å². The summed E-state index contributed by atoms with van der Waals surface area (Å²) in [6, 6.07) is 7.82. The summed E-state index contributed by atoms with van der Waals surface area (Å²) < 4.78 is 21.2. The Morgan fingerprint density at radius 3 is 2.56 bits per heavy atom. The second-order valence-corrected chi connectivity index (χ2v) is 7.12. The van der Waals surface area contributed by atoms with Gasteiger partial charge in [-0.2, -0.15) is 4.40 Å². The van der Waals surface area contributed by atoms with E-state index >= 15 is 0 Å². The van der Waals surface area contributed by atoms with E-state index in [-0.39, 0.29) is 4.75 Å². The molecular formula is C14H17NO2S. The van der Waals surface area contributed by atoms with Crippen molar-refractivity contribution < 1.29 is 8.63 Å². The number of nitrogens with zero attached hydrogens (tertiary/aromatic N) is 1. The molecule has 1 heterocycles. The molecule has 0 bridgehead atoms. The van der Waals surface area contributed by atoms with Crippen molar-refractivity contribution >= 4 is 28.2 Å². The maximum absolute atomic E-state index is 11.8. The molecule has 3 nitrogen and oxygen atoms in total. The first-order chi connectivity index (χ1) is 8.39. The van der Waals surface area contributed by atoms with Crippen LogP contribution in [-0.4, -0.2) is 15.2 Å². The normalized spacial score (nSPS) is 14.4. The Hall–Kier alpha value is -1.42. The standard InChI is InChI=1S/C14H17NO2S/c1-10-11-7-5-6-8-12(11)17-13(10)9-15-18(16)14(2,3)4/h5-9H,1-4H3/t18-/m0/s1. The zero-order valence-corrected chi connectivity index (χ0v) is 11.9. The zero-order valence-electron chi connectivity index (χ0n) is 11.1. The molecule has 0 aliphatic rings. The second kappa shape index (κ2) is 4.69. The summed E-state index contributed by atoms with van der Waals surface area (Å²) in [5.41, 5.74) is 1.86. The molecule has 0 saturated carbocycles. The molecule has 96 valence electrons. The van der Waals surface area contributed by atoms with E-state index in [2.05, 4.69) is 4.40 Å². The van der Waals surface area contributed by atoms with Crippen molar-refractivity contribution in [3.63, 3.8) is 0 Å². The third-order valence-corrected chi connectivity index (χ3v) is 4.01. The fourth-order valence-corrected chi connectivity index (χ4v) is 2.08. The molecule has 1 aromatic heterocycles. The van der Waals surface area contributed by atoms with Gasteiger partial charge in [-0.1, -0.05) is 18.2 Å². The fourth-order valence-electron chi connectivity index (χ4n) is 1.57. The minimum Gasteiger partial charge on any atom is -0.455 e. The van der Waals surface area contributed by atoms with Gasteiger partial charge in [0, 0.05) is 10.9 Å². The van der Waals surface area contributed by atoms with Crippen molar-refractivity contribution in [1.82, 2.24) is 0 Å². The quantitative estimate of drug-likeness (QED) is 0.777. The van der Waals surface area contributed by atoms with Gasteiger partial charge >= 0.3 is 0 Å². The van der Waals surface area contributed by atoms with E-state index in [1.165, 1.54) is 0 Å². The molecule has 0 N–H and O–H groups in total. The minimum absolute atomic E-state index is 0.351. The van der Waals surface area contributed by atoms with Gasteiger partial charge in [0.05, 0.1) is 11.0 Å². The van der Waals surface area contributed by atoms with Crippen LogP contribution in [0.15, 0.2) is 33.1 Å². The first kappa shape index (κ1) is 13.0. The average Bonchev–Trinajstić information content (AvgIpc) is 2.63. The molecule has 18 heavy (non-hydrogen) atoms. The number of hydrogen-bond donors (Lipinski definition) is 0. The Kier molecular flexibility index (Phi) is 3.39. The molecule has 0 unspecified atom stereocenters. The van der Waals surface area contributed by atoms with Gasteiger partial charge in [-0.25, -0.2) is 4.21 Å². The molecule has 1 aromatic carbocycles. The van der Waals surface area contributed by atoms with Gasteiger partial charge in [-0.3, -0.25) is 0 Å². The fraction of sp³-hybridized carbons (Fsp3) is 0.357. The van der Waals surface area contributed by atoms with Gasteiger partial charge in [0.15, 0.2) is 0 Å². The van der Waals surface area contributed by atoms with E-state index in [9.17, 15) is 4.21 Å². The average molecular weight is 263 g/mol. The van der Waals surface area contributed by atoms with Crippen molar-refractivity contribution in [2.24, 2.45) is 4.40 Å². The van der Waals surface area contributed by atoms with Crippen LogP contribution in [0.3, 0.4) is 0 Å². The van der Waals surface area contributed by atoms with Crippen LogP contribution < -0.4 is 0 Å². The highest BCUT2D eigenvalue weighted by molar-refractivity contribution is 7.85. The number of furan rings is 1. The third-order valence-electron chi connectivity index (χ3n) is 2.67. The van der Waals surface area contributed by atoms with Gasteiger partial charge in [-0.05, 0) is 33.8 Å². The number of benzene rings is 1. The topological polar surface area (TPSA) is 42.6 Å². The second-order valence-electron chi connectivity index (χ2n) is 5.18. The summed E-state index contributed by atoms with van der Waals surface area (Å²) in [6.45, 7) is 7.66. The van der Waals surface area contributed by atoms with E-state index in [0.717, 1.165) is 16.5 Å². The van der Waals surface area contributed by atoms with Crippen molar-refractivity contribution in [2.75, 3.05) is 0 Å². The largest absolute Gasteiger partial charge is 0.455 e. The van der Waals surface area contributed by atoms with Gasteiger partial charge < -0.3 is 4.42 Å². The molecule has 2 rings (SSSR count). The SMILES string of the molecule is Cc1c(C=N[S@@](=O)C(C)(C)C)oc2ccccc12. The maximum atomic E-state index is 11.8. The van der Waals surface area contributed by atoms with E-state index in [0.29, 0.717) is 5.76 Å². The minimum atomic E-state index is -1.26. The van der Waals surface area contributed by atoms with Crippen molar-refractivity contribution in [2.45, 2.75) is 32.4 Å². The van der Waals surface area contributed by atoms with Gasteiger partial charge in [0.2, 0.25) is 0 Å². The lowest BCUT2D eigenvalue weighted by Crippen LogP contribution is -2.19. The molecule has 4 heteroatoms. The summed E-state index contributed by atoms with van der Waals surface area (Å²) in [4.78, 5) is 0. The highest BCUT2D eigenvalue weighted by Gasteiger charge is 2.18. The molecule has 0 radical (unpaired) electrons. The predicted octanol–water partition coefficient (Wildman–Crippen LogP) is 3.62. The number of fused-ring (bicyclic) bond motifs is 1. The Labute approximate surface area is 110 Å². The van der Waals surface area contributed by atoms with Crippen molar-refractivity contribution in [3.8, 4) is 0 Å². The van der Waals surface area contributed by atoms with Crippen LogP contribution in [0.25, 0.3) is 11.0 Å². The predicted molar refractivity (Wildman–Crippen MR) is 76.4 cm³/mol. The number of aryl methyl sites for hydroxylation is 1. The smallest absolute Gasteiger partial charge is 0.150 e. The Balaban J connectivity index is 2.36. The van der Waals surface area contributed by atoms with Crippen molar-refractivity contribution in [1.29, 1.82) is 0 Å². The van der Waals surface area contributed by atoms with Crippen LogP contribution >= 0.6 is 0 Å². The highest BCUT2D eigenvalue weighted by atomic mass is 32.2. The third kappa shape index (κ3) is 2.53. The van der Waals surface area contributed by atoms with Crippen LogP contribution in [0.2, 0.25) is 0 Å². The lowest BCUT2D eigenvalue weighted by atomic mass is 10.1. The number of hydrogen-bond acceptors (Lipinski definition) is 2. The summed E-state index contributed by atoms with van der Waals surface area (Å²) in [5, 5.41) is 1.07. The van der Waals surface area contributed by atoms with Gasteiger partial charge in [0.25, 0.3) is 0 Å². The van der Waals surface area contributed by atoms with Crippen LogP contribution in [-0.2, 0) is 11.0 Å². The van der Waals surface area contributed by atoms with Crippen LogP contribution in [0.5, 0.6) is 0 Å². The molecule has 0 saturated heterocycles. The first-order valence-corrected chi connectivity index (χ1v) is 6.94. The van der Waals surface area contributed by atoms with Crippen molar-refractivity contribution in [3.05, 3.63) is 35.6 Å². The number of para-hydroxylation sites is 1. The monoisotopic (exact) mass is 263 g/mol. The summed E-state index contributed by atoms with van der Waals surface area (Å²) in [5.74, 6) is 0.675. The van der Waals surface area contributed by atoms with Crippen LogP contribution in [0.1, 0.15) is 32.1 Å². The molecule has 0 spiro atoms. The van der Waals surface area contributed by atoms with Crippen LogP contribution in [0.4, 0.5) is 0 Å². The van der Waals surface area contributed by atoms with E-state index in [1.807, 2.05) is 52.0 Å². The van der Waals surface area contributed by atoms with Crippen LogP contribution in [0, 0.1) is 6.92 Å². The molecular weight excluding hydrogens is 246 g/mol. The molecule has 0 aliphatic carbocycles.